The third kappa shape index (κ3) is 4.91. The third-order valence-corrected chi connectivity index (χ3v) is 7.84. The Morgan fingerprint density at radius 1 is 1.06 bits per heavy atom. The molecule has 1 N–H and O–H groups in total. The van der Waals surface area contributed by atoms with Gasteiger partial charge in [0.15, 0.2) is 0 Å². The highest BCUT2D eigenvalue weighted by molar-refractivity contribution is 7.89. The summed E-state index contributed by atoms with van der Waals surface area (Å²) in [5, 5.41) is 10.6. The van der Waals surface area contributed by atoms with Crippen LogP contribution < -0.4 is 10.1 Å². The van der Waals surface area contributed by atoms with E-state index >= 15 is 0 Å². The number of anilines is 1. The van der Waals surface area contributed by atoms with Gasteiger partial charge >= 0.3 is 6.01 Å². The lowest BCUT2D eigenvalue weighted by Gasteiger charge is -2.30. The summed E-state index contributed by atoms with van der Waals surface area (Å²) >= 11 is 0. The van der Waals surface area contributed by atoms with Gasteiger partial charge in [-0.05, 0) is 74.2 Å². The second kappa shape index (κ2) is 9.32. The van der Waals surface area contributed by atoms with Gasteiger partial charge in [0, 0.05) is 24.6 Å². The minimum atomic E-state index is -3.62. The van der Waals surface area contributed by atoms with Crippen LogP contribution in [0, 0.1) is 19.8 Å². The molecule has 0 spiro atoms. The molecule has 0 atom stereocenters. The Labute approximate surface area is 192 Å². The van der Waals surface area contributed by atoms with E-state index in [0.29, 0.717) is 24.5 Å². The monoisotopic (exact) mass is 470 g/mol. The van der Waals surface area contributed by atoms with Crippen LogP contribution in [0.2, 0.25) is 0 Å². The Balaban J connectivity index is 1.36. The summed E-state index contributed by atoms with van der Waals surface area (Å²) in [7, 11) is -2.10. The molecule has 1 aromatic heterocycles. The number of benzene rings is 2. The Morgan fingerprint density at radius 3 is 2.39 bits per heavy atom. The lowest BCUT2D eigenvalue weighted by Crippen LogP contribution is -2.41. The van der Waals surface area contributed by atoms with Gasteiger partial charge < -0.3 is 9.15 Å². The first kappa shape index (κ1) is 22.9. The quantitative estimate of drug-likeness (QED) is 0.587. The van der Waals surface area contributed by atoms with Crippen molar-refractivity contribution in [3.05, 3.63) is 53.6 Å². The second-order valence-electron chi connectivity index (χ2n) is 8.05. The largest absolute Gasteiger partial charge is 0.497 e. The Kier molecular flexibility index (Phi) is 6.48. The number of ether oxygens (including phenoxy) is 1. The molecule has 1 aliphatic rings. The van der Waals surface area contributed by atoms with Crippen LogP contribution in [0.4, 0.5) is 6.01 Å². The predicted octanol–water partition coefficient (Wildman–Crippen LogP) is 3.40. The van der Waals surface area contributed by atoms with Gasteiger partial charge in [0.2, 0.25) is 21.8 Å². The van der Waals surface area contributed by atoms with Gasteiger partial charge in [-0.1, -0.05) is 11.2 Å². The highest BCUT2D eigenvalue weighted by Gasteiger charge is 2.32. The fraction of sp³-hybridized carbons (Fsp3) is 0.348. The molecule has 9 nitrogen and oxygen atoms in total. The number of carbonyl (C=O) groups excluding carboxylic acids is 1. The van der Waals surface area contributed by atoms with Crippen molar-refractivity contribution >= 4 is 21.9 Å². The molecule has 2 heterocycles. The van der Waals surface area contributed by atoms with Crippen molar-refractivity contribution in [2.45, 2.75) is 31.6 Å². The smallest absolute Gasteiger partial charge is 0.322 e. The lowest BCUT2D eigenvalue weighted by atomic mass is 9.97. The predicted molar refractivity (Wildman–Crippen MR) is 122 cm³/mol. The number of nitrogens with one attached hydrogen (secondary N) is 1. The van der Waals surface area contributed by atoms with Gasteiger partial charge in [0.25, 0.3) is 0 Å². The van der Waals surface area contributed by atoms with Crippen LogP contribution in [0.15, 0.2) is 51.8 Å². The van der Waals surface area contributed by atoms with Crippen LogP contribution in [0.25, 0.3) is 11.5 Å². The number of carbonyl (C=O) groups is 1. The van der Waals surface area contributed by atoms with Gasteiger partial charge in [-0.2, -0.15) is 4.31 Å². The summed E-state index contributed by atoms with van der Waals surface area (Å²) in [5.41, 5.74) is 3.04. The molecule has 1 amide bonds. The fourth-order valence-corrected chi connectivity index (χ4v) is 5.20. The van der Waals surface area contributed by atoms with Crippen molar-refractivity contribution < 1.29 is 22.4 Å². The van der Waals surface area contributed by atoms with Crippen LogP contribution in [0.5, 0.6) is 5.75 Å². The summed E-state index contributed by atoms with van der Waals surface area (Å²) in [5.74, 6) is 0.316. The number of hydrogen-bond donors (Lipinski definition) is 1. The van der Waals surface area contributed by atoms with Crippen molar-refractivity contribution in [3.8, 4) is 17.2 Å². The molecule has 0 bridgehead atoms. The molecule has 4 rings (SSSR count). The molecule has 0 aliphatic carbocycles. The van der Waals surface area contributed by atoms with Gasteiger partial charge in [-0.3, -0.25) is 10.1 Å². The average molecular weight is 471 g/mol. The van der Waals surface area contributed by atoms with Crippen molar-refractivity contribution in [3.63, 3.8) is 0 Å². The molecule has 1 aliphatic heterocycles. The number of methoxy groups -OCH3 is 1. The maximum Gasteiger partial charge on any atom is 0.322 e. The second-order valence-corrected chi connectivity index (χ2v) is 9.99. The first-order chi connectivity index (χ1) is 15.8. The van der Waals surface area contributed by atoms with Crippen LogP contribution >= 0.6 is 0 Å². The highest BCUT2D eigenvalue weighted by Crippen LogP contribution is 2.27. The van der Waals surface area contributed by atoms with Crippen molar-refractivity contribution in [1.29, 1.82) is 0 Å². The van der Waals surface area contributed by atoms with Crippen LogP contribution in [0.3, 0.4) is 0 Å². The van der Waals surface area contributed by atoms with E-state index in [0.717, 1.165) is 16.7 Å². The van der Waals surface area contributed by atoms with Gasteiger partial charge in [0.1, 0.15) is 5.75 Å². The molecular weight excluding hydrogens is 444 g/mol. The number of hydrogen-bond acceptors (Lipinski definition) is 7. The highest BCUT2D eigenvalue weighted by atomic mass is 32.2. The van der Waals surface area contributed by atoms with Gasteiger partial charge in [-0.25, -0.2) is 8.42 Å². The maximum atomic E-state index is 12.9. The van der Waals surface area contributed by atoms with E-state index in [4.69, 9.17) is 9.15 Å². The summed E-state index contributed by atoms with van der Waals surface area (Å²) in [6.45, 7) is 4.53. The summed E-state index contributed by atoms with van der Waals surface area (Å²) in [4.78, 5) is 12.9. The molecule has 0 unspecified atom stereocenters. The minimum Gasteiger partial charge on any atom is -0.497 e. The first-order valence-corrected chi connectivity index (χ1v) is 12.1. The Hall–Kier alpha value is -3.24. The van der Waals surface area contributed by atoms with Crippen molar-refractivity contribution in [2.24, 2.45) is 5.92 Å². The normalized spacial score (nSPS) is 15.4. The van der Waals surface area contributed by atoms with E-state index < -0.39 is 10.0 Å². The average Bonchev–Trinajstić information content (AvgIpc) is 3.29. The number of piperidine rings is 1. The van der Waals surface area contributed by atoms with E-state index in [1.54, 1.807) is 12.1 Å². The lowest BCUT2D eigenvalue weighted by molar-refractivity contribution is -0.121. The molecule has 0 radical (unpaired) electrons. The topological polar surface area (TPSA) is 115 Å². The number of aromatic nitrogens is 2. The van der Waals surface area contributed by atoms with E-state index in [9.17, 15) is 13.2 Å². The maximum absolute atomic E-state index is 12.9. The molecule has 10 heteroatoms. The molecule has 174 valence electrons. The molecule has 33 heavy (non-hydrogen) atoms. The first-order valence-electron chi connectivity index (χ1n) is 10.6. The number of rotatable bonds is 6. The number of sulfonamides is 1. The van der Waals surface area contributed by atoms with Gasteiger partial charge in [-0.15, -0.1) is 5.10 Å². The molecule has 1 saturated heterocycles. The van der Waals surface area contributed by atoms with E-state index in [-0.39, 0.29) is 35.8 Å². The zero-order chi connectivity index (χ0) is 23.6. The number of nitrogens with zero attached hydrogens (tertiary/aromatic N) is 3. The Bertz CT molecular complexity index is 1250. The van der Waals surface area contributed by atoms with Crippen molar-refractivity contribution in [1.82, 2.24) is 14.5 Å². The van der Waals surface area contributed by atoms with Crippen LogP contribution in [-0.4, -0.2) is 49.0 Å². The summed E-state index contributed by atoms with van der Waals surface area (Å²) in [6, 6.07) is 12.1. The molecular formula is C23H26N4O5S. The van der Waals surface area contributed by atoms with Crippen LogP contribution in [-0.2, 0) is 14.8 Å². The Morgan fingerprint density at radius 2 is 1.76 bits per heavy atom. The number of aryl methyl sites for hydroxylation is 2. The zero-order valence-electron chi connectivity index (χ0n) is 18.7. The summed E-state index contributed by atoms with van der Waals surface area (Å²) < 4.78 is 37.9. The van der Waals surface area contributed by atoms with E-state index in [1.165, 1.54) is 23.5 Å². The molecule has 2 aromatic carbocycles. The minimum absolute atomic E-state index is 0.0292. The third-order valence-electron chi connectivity index (χ3n) is 5.93. The zero-order valence-corrected chi connectivity index (χ0v) is 19.6. The molecule has 1 fully saturated rings. The standard InChI is InChI=1S/C23H26N4O5S/c1-15-4-5-18(14-16(15)2)22-25-26-23(32-22)24-21(28)17-10-12-27(13-11-17)33(29,30)20-8-6-19(31-3)7-9-20/h4-9,14,17H,10-13H2,1-3H3,(H,24,26,28). The van der Waals surface area contributed by atoms with E-state index in [2.05, 4.69) is 15.5 Å². The molecule has 3 aromatic rings. The molecule has 0 saturated carbocycles. The fourth-order valence-electron chi connectivity index (χ4n) is 3.73. The van der Waals surface area contributed by atoms with E-state index in [1.807, 2.05) is 32.0 Å². The van der Waals surface area contributed by atoms with Crippen molar-refractivity contribution in [2.75, 3.05) is 25.5 Å². The van der Waals surface area contributed by atoms with Gasteiger partial charge in [0.05, 0.1) is 12.0 Å². The van der Waals surface area contributed by atoms with Crippen LogP contribution in [0.1, 0.15) is 24.0 Å². The SMILES string of the molecule is COc1ccc(S(=O)(=O)N2CCC(C(=O)Nc3nnc(-c4ccc(C)c(C)c4)o3)CC2)cc1. The number of amides is 1. The summed E-state index contributed by atoms with van der Waals surface area (Å²) in [6.07, 6.45) is 0.804.